The van der Waals surface area contributed by atoms with Crippen molar-refractivity contribution in [3.8, 4) is 0 Å². The molecule has 0 bridgehead atoms. The number of hydrogen-bond acceptors (Lipinski definition) is 3. The maximum atomic E-state index is 12.6. The van der Waals surface area contributed by atoms with Crippen molar-refractivity contribution in [2.45, 2.75) is 31.1 Å². The fourth-order valence-corrected chi connectivity index (χ4v) is 4.40. The van der Waals surface area contributed by atoms with Crippen LogP contribution in [0.1, 0.15) is 26.2 Å². The van der Waals surface area contributed by atoms with Crippen LogP contribution in [0.25, 0.3) is 0 Å². The monoisotopic (exact) mass is 311 g/mol. The molecule has 0 aliphatic carbocycles. The Kier molecular flexibility index (Phi) is 5.00. The molecule has 2 atom stereocenters. The lowest BCUT2D eigenvalue weighted by Crippen LogP contribution is -2.41. The first-order chi connectivity index (χ1) is 9.91. The van der Waals surface area contributed by atoms with Crippen molar-refractivity contribution >= 4 is 16.0 Å². The van der Waals surface area contributed by atoms with Crippen molar-refractivity contribution in [2.75, 3.05) is 13.1 Å². The van der Waals surface area contributed by atoms with Crippen molar-refractivity contribution in [3.63, 3.8) is 0 Å². The molecular weight excluding hydrogens is 290 g/mol. The van der Waals surface area contributed by atoms with Gasteiger partial charge >= 0.3 is 5.97 Å². The molecule has 1 aliphatic rings. The average Bonchev–Trinajstić information content (AvgIpc) is 2.47. The van der Waals surface area contributed by atoms with Crippen LogP contribution in [0.2, 0.25) is 0 Å². The topological polar surface area (TPSA) is 74.7 Å². The number of carboxylic acid groups (broad SMARTS) is 1. The van der Waals surface area contributed by atoms with Crippen LogP contribution in [0.3, 0.4) is 0 Å². The number of carbonyl (C=O) groups is 1. The first-order valence-corrected chi connectivity index (χ1v) is 8.62. The molecule has 1 aromatic rings. The Balaban J connectivity index is 2.12. The highest BCUT2D eigenvalue weighted by molar-refractivity contribution is 7.89. The highest BCUT2D eigenvalue weighted by Gasteiger charge is 2.32. The molecule has 0 aromatic heterocycles. The summed E-state index contributed by atoms with van der Waals surface area (Å²) in [6.07, 6.45) is 1.75. The summed E-state index contributed by atoms with van der Waals surface area (Å²) in [5.74, 6) is -0.741. The van der Waals surface area contributed by atoms with E-state index in [9.17, 15) is 13.2 Å². The maximum Gasteiger partial charge on any atom is 0.303 e. The Morgan fingerprint density at radius 1 is 1.38 bits per heavy atom. The third kappa shape index (κ3) is 3.83. The third-order valence-corrected chi connectivity index (χ3v) is 5.98. The molecule has 1 saturated heterocycles. The second-order valence-corrected chi connectivity index (χ2v) is 7.59. The van der Waals surface area contributed by atoms with Gasteiger partial charge in [-0.05, 0) is 36.8 Å². The molecule has 5 nitrogen and oxygen atoms in total. The summed E-state index contributed by atoms with van der Waals surface area (Å²) in [5, 5.41) is 8.89. The molecule has 6 heteroatoms. The summed E-state index contributed by atoms with van der Waals surface area (Å²) >= 11 is 0. The van der Waals surface area contributed by atoms with Gasteiger partial charge in [0, 0.05) is 19.5 Å². The van der Waals surface area contributed by atoms with Gasteiger partial charge in [0.05, 0.1) is 4.90 Å². The maximum absolute atomic E-state index is 12.6. The number of benzene rings is 1. The number of hydrogen-bond donors (Lipinski definition) is 1. The zero-order valence-electron chi connectivity index (χ0n) is 12.1. The molecule has 2 unspecified atom stereocenters. The molecule has 1 fully saturated rings. The molecule has 21 heavy (non-hydrogen) atoms. The lowest BCUT2D eigenvalue weighted by atomic mass is 9.85. The van der Waals surface area contributed by atoms with Gasteiger partial charge in [-0.3, -0.25) is 4.79 Å². The van der Waals surface area contributed by atoms with Crippen LogP contribution >= 0.6 is 0 Å². The summed E-state index contributed by atoms with van der Waals surface area (Å²) in [6, 6.07) is 8.40. The first kappa shape index (κ1) is 16.0. The van der Waals surface area contributed by atoms with E-state index in [1.165, 1.54) is 4.31 Å². The third-order valence-electron chi connectivity index (χ3n) is 4.10. The molecule has 1 heterocycles. The first-order valence-electron chi connectivity index (χ1n) is 7.18. The lowest BCUT2D eigenvalue weighted by molar-refractivity contribution is -0.138. The summed E-state index contributed by atoms with van der Waals surface area (Å²) in [7, 11) is -3.47. The average molecular weight is 311 g/mol. The molecule has 1 aromatic carbocycles. The van der Waals surface area contributed by atoms with E-state index in [4.69, 9.17) is 5.11 Å². The molecule has 0 amide bonds. The van der Waals surface area contributed by atoms with Crippen LogP contribution in [0.5, 0.6) is 0 Å². The van der Waals surface area contributed by atoms with E-state index in [2.05, 4.69) is 0 Å². The Labute approximate surface area is 125 Å². The van der Waals surface area contributed by atoms with Gasteiger partial charge < -0.3 is 5.11 Å². The van der Waals surface area contributed by atoms with Gasteiger partial charge in [0.2, 0.25) is 10.0 Å². The SMILES string of the molecule is CC(CC(=O)O)C1CCCN(S(=O)(=O)c2ccccc2)C1. The Bertz CT molecular complexity index is 585. The summed E-state index contributed by atoms with van der Waals surface area (Å²) in [4.78, 5) is 11.1. The Hall–Kier alpha value is -1.40. The largest absolute Gasteiger partial charge is 0.481 e. The fraction of sp³-hybridized carbons (Fsp3) is 0.533. The molecule has 0 saturated carbocycles. The van der Waals surface area contributed by atoms with Crippen LogP contribution in [0.4, 0.5) is 0 Å². The van der Waals surface area contributed by atoms with E-state index in [1.807, 2.05) is 6.92 Å². The second kappa shape index (κ2) is 6.58. The molecule has 1 N–H and O–H groups in total. The smallest absolute Gasteiger partial charge is 0.303 e. The van der Waals surface area contributed by atoms with Crippen molar-refractivity contribution in [1.82, 2.24) is 4.31 Å². The molecule has 0 radical (unpaired) electrons. The number of piperidine rings is 1. The van der Waals surface area contributed by atoms with Crippen LogP contribution < -0.4 is 0 Å². The van der Waals surface area contributed by atoms with E-state index in [1.54, 1.807) is 30.3 Å². The number of nitrogens with zero attached hydrogens (tertiary/aromatic N) is 1. The van der Waals surface area contributed by atoms with Crippen LogP contribution in [0.15, 0.2) is 35.2 Å². The van der Waals surface area contributed by atoms with Gasteiger partial charge in [0.25, 0.3) is 0 Å². The van der Waals surface area contributed by atoms with Gasteiger partial charge in [-0.25, -0.2) is 8.42 Å². The van der Waals surface area contributed by atoms with Crippen molar-refractivity contribution in [2.24, 2.45) is 11.8 Å². The highest BCUT2D eigenvalue weighted by Crippen LogP contribution is 2.29. The summed E-state index contributed by atoms with van der Waals surface area (Å²) in [6.45, 7) is 2.80. The number of sulfonamides is 1. The van der Waals surface area contributed by atoms with Crippen molar-refractivity contribution < 1.29 is 18.3 Å². The van der Waals surface area contributed by atoms with E-state index in [-0.39, 0.29) is 18.3 Å². The van der Waals surface area contributed by atoms with Crippen LogP contribution in [-0.2, 0) is 14.8 Å². The lowest BCUT2D eigenvalue weighted by Gasteiger charge is -2.34. The molecule has 116 valence electrons. The number of carboxylic acids is 1. The van der Waals surface area contributed by atoms with Gasteiger partial charge in [-0.15, -0.1) is 0 Å². The van der Waals surface area contributed by atoms with Gasteiger partial charge in [-0.2, -0.15) is 4.31 Å². The molecular formula is C15H21NO4S. The zero-order chi connectivity index (χ0) is 15.5. The molecule has 1 aliphatic heterocycles. The zero-order valence-corrected chi connectivity index (χ0v) is 12.9. The van der Waals surface area contributed by atoms with Gasteiger partial charge in [0.15, 0.2) is 0 Å². The van der Waals surface area contributed by atoms with Crippen LogP contribution in [0, 0.1) is 11.8 Å². The van der Waals surface area contributed by atoms with Crippen molar-refractivity contribution in [3.05, 3.63) is 30.3 Å². The molecule has 2 rings (SSSR count). The fourth-order valence-electron chi connectivity index (χ4n) is 2.84. The minimum Gasteiger partial charge on any atom is -0.481 e. The van der Waals surface area contributed by atoms with Crippen LogP contribution in [-0.4, -0.2) is 36.9 Å². The normalized spacial score (nSPS) is 21.9. The standard InChI is InChI=1S/C15H21NO4S/c1-12(10-15(17)18)13-6-5-9-16(11-13)21(19,20)14-7-3-2-4-8-14/h2-4,7-8,12-13H,5-6,9-11H2,1H3,(H,17,18). The van der Waals surface area contributed by atoms with Gasteiger partial charge in [-0.1, -0.05) is 25.1 Å². The Morgan fingerprint density at radius 2 is 2.05 bits per heavy atom. The Morgan fingerprint density at radius 3 is 2.67 bits per heavy atom. The molecule has 0 spiro atoms. The summed E-state index contributed by atoms with van der Waals surface area (Å²) in [5.41, 5.74) is 0. The summed E-state index contributed by atoms with van der Waals surface area (Å²) < 4.78 is 26.7. The van der Waals surface area contributed by atoms with E-state index in [0.29, 0.717) is 18.0 Å². The number of aliphatic carboxylic acids is 1. The minimum atomic E-state index is -3.47. The highest BCUT2D eigenvalue weighted by atomic mass is 32.2. The van der Waals surface area contributed by atoms with Crippen molar-refractivity contribution in [1.29, 1.82) is 0 Å². The predicted octanol–water partition coefficient (Wildman–Crippen LogP) is 2.20. The minimum absolute atomic E-state index is 0.0173. The second-order valence-electron chi connectivity index (χ2n) is 5.65. The number of rotatable bonds is 5. The van der Waals surface area contributed by atoms with E-state index < -0.39 is 16.0 Å². The quantitative estimate of drug-likeness (QED) is 0.904. The van der Waals surface area contributed by atoms with E-state index >= 15 is 0 Å². The van der Waals surface area contributed by atoms with E-state index in [0.717, 1.165) is 12.8 Å². The van der Waals surface area contributed by atoms with Gasteiger partial charge in [0.1, 0.15) is 0 Å². The predicted molar refractivity (Wildman–Crippen MR) is 79.3 cm³/mol.